The molecule has 0 heterocycles. The molecule has 88 valence electrons. The van der Waals surface area contributed by atoms with Gasteiger partial charge in [-0.2, -0.15) is 0 Å². The molecule has 0 aliphatic heterocycles. The Morgan fingerprint density at radius 3 is 2.88 bits per heavy atom. The topological polar surface area (TPSA) is 58.6 Å². The van der Waals surface area contributed by atoms with Crippen LogP contribution in [0.3, 0.4) is 0 Å². The third-order valence-electron chi connectivity index (χ3n) is 2.18. The van der Waals surface area contributed by atoms with Gasteiger partial charge in [-0.05, 0) is 24.6 Å². The number of phenols is 1. The first kappa shape index (κ1) is 12.4. The number of hydrogen-bond donors (Lipinski definition) is 2. The summed E-state index contributed by atoms with van der Waals surface area (Å²) in [7, 11) is 1.31. The molecular weight excluding hydrogens is 213 g/mol. The number of hydrogen-bond acceptors (Lipinski definition) is 4. The van der Waals surface area contributed by atoms with E-state index in [-0.39, 0.29) is 11.7 Å². The SMILES string of the molecule is COC(=O)C(C)NCc1ccc(O)c(F)c1. The van der Waals surface area contributed by atoms with Gasteiger partial charge >= 0.3 is 5.97 Å². The van der Waals surface area contributed by atoms with Gasteiger partial charge in [-0.3, -0.25) is 4.79 Å². The highest BCUT2D eigenvalue weighted by molar-refractivity contribution is 5.75. The first-order chi connectivity index (χ1) is 7.54. The summed E-state index contributed by atoms with van der Waals surface area (Å²) in [4.78, 5) is 11.1. The van der Waals surface area contributed by atoms with Crippen LogP contribution in [0.15, 0.2) is 18.2 Å². The second-order valence-electron chi connectivity index (χ2n) is 3.41. The summed E-state index contributed by atoms with van der Waals surface area (Å²) in [5.41, 5.74) is 0.644. The van der Waals surface area contributed by atoms with Crippen LogP contribution in [0.1, 0.15) is 12.5 Å². The Morgan fingerprint density at radius 2 is 2.31 bits per heavy atom. The number of carbonyl (C=O) groups excluding carboxylic acids is 1. The average Bonchev–Trinajstić information content (AvgIpc) is 2.29. The molecule has 1 unspecified atom stereocenters. The lowest BCUT2D eigenvalue weighted by Gasteiger charge is -2.11. The Balaban J connectivity index is 2.55. The van der Waals surface area contributed by atoms with Crippen molar-refractivity contribution in [2.45, 2.75) is 19.5 Å². The van der Waals surface area contributed by atoms with E-state index in [2.05, 4.69) is 10.1 Å². The quantitative estimate of drug-likeness (QED) is 0.758. The highest BCUT2D eigenvalue weighted by Gasteiger charge is 2.12. The molecule has 0 fully saturated rings. The van der Waals surface area contributed by atoms with E-state index in [1.165, 1.54) is 19.2 Å². The summed E-state index contributed by atoms with van der Waals surface area (Å²) < 4.78 is 17.5. The van der Waals surface area contributed by atoms with Crippen molar-refractivity contribution < 1.29 is 19.0 Å². The van der Waals surface area contributed by atoms with Crippen molar-refractivity contribution in [3.05, 3.63) is 29.6 Å². The van der Waals surface area contributed by atoms with Crippen LogP contribution in [0.2, 0.25) is 0 Å². The third kappa shape index (κ3) is 3.20. The van der Waals surface area contributed by atoms with Gasteiger partial charge in [-0.25, -0.2) is 4.39 Å². The standard InChI is InChI=1S/C11H14FNO3/c1-7(11(15)16-2)13-6-8-3-4-10(14)9(12)5-8/h3-5,7,13-14H,6H2,1-2H3. The van der Waals surface area contributed by atoms with Gasteiger partial charge < -0.3 is 15.2 Å². The number of phenolic OH excluding ortho intramolecular Hbond substituents is 1. The molecule has 1 atom stereocenters. The van der Waals surface area contributed by atoms with Crippen molar-refractivity contribution in [3.8, 4) is 5.75 Å². The number of ether oxygens (including phenoxy) is 1. The van der Waals surface area contributed by atoms with Gasteiger partial charge in [0.25, 0.3) is 0 Å². The van der Waals surface area contributed by atoms with Gasteiger partial charge in [0.2, 0.25) is 0 Å². The molecule has 4 nitrogen and oxygen atoms in total. The van der Waals surface area contributed by atoms with Crippen LogP contribution < -0.4 is 5.32 Å². The number of methoxy groups -OCH3 is 1. The maximum absolute atomic E-state index is 13.0. The van der Waals surface area contributed by atoms with Gasteiger partial charge in [0.05, 0.1) is 7.11 Å². The van der Waals surface area contributed by atoms with E-state index >= 15 is 0 Å². The maximum Gasteiger partial charge on any atom is 0.322 e. The lowest BCUT2D eigenvalue weighted by molar-refractivity contribution is -0.142. The zero-order chi connectivity index (χ0) is 12.1. The van der Waals surface area contributed by atoms with Crippen LogP contribution in [-0.2, 0) is 16.1 Å². The number of aromatic hydroxyl groups is 1. The minimum Gasteiger partial charge on any atom is -0.505 e. The fraction of sp³-hybridized carbons (Fsp3) is 0.364. The Hall–Kier alpha value is -1.62. The second kappa shape index (κ2) is 5.46. The monoisotopic (exact) mass is 227 g/mol. The molecular formula is C11H14FNO3. The van der Waals surface area contributed by atoms with Gasteiger partial charge in [0.1, 0.15) is 6.04 Å². The zero-order valence-corrected chi connectivity index (χ0v) is 9.16. The van der Waals surface area contributed by atoms with Crippen LogP contribution in [0, 0.1) is 5.82 Å². The van der Waals surface area contributed by atoms with Gasteiger partial charge in [-0.1, -0.05) is 6.07 Å². The molecule has 1 aromatic carbocycles. The lowest BCUT2D eigenvalue weighted by Crippen LogP contribution is -2.34. The number of nitrogens with one attached hydrogen (secondary N) is 1. The number of benzene rings is 1. The van der Waals surface area contributed by atoms with E-state index < -0.39 is 11.9 Å². The predicted molar refractivity (Wildman–Crippen MR) is 56.4 cm³/mol. The summed E-state index contributed by atoms with van der Waals surface area (Å²) in [6, 6.07) is 3.61. The van der Waals surface area contributed by atoms with E-state index in [4.69, 9.17) is 5.11 Å². The first-order valence-electron chi connectivity index (χ1n) is 4.83. The normalized spacial score (nSPS) is 12.2. The molecule has 0 amide bonds. The van der Waals surface area contributed by atoms with E-state index in [1.807, 2.05) is 0 Å². The van der Waals surface area contributed by atoms with Crippen LogP contribution in [-0.4, -0.2) is 24.2 Å². The predicted octanol–water partition coefficient (Wildman–Crippen LogP) is 1.18. The lowest BCUT2D eigenvalue weighted by atomic mass is 10.2. The molecule has 5 heteroatoms. The highest BCUT2D eigenvalue weighted by Crippen LogP contribution is 2.15. The van der Waals surface area contributed by atoms with Gasteiger partial charge in [-0.15, -0.1) is 0 Å². The summed E-state index contributed by atoms with van der Waals surface area (Å²) >= 11 is 0. The molecule has 1 rings (SSSR count). The second-order valence-corrected chi connectivity index (χ2v) is 3.41. The molecule has 0 spiro atoms. The first-order valence-corrected chi connectivity index (χ1v) is 4.83. The van der Waals surface area contributed by atoms with Gasteiger partial charge in [0, 0.05) is 6.54 Å². The molecule has 1 aromatic rings. The van der Waals surface area contributed by atoms with Crippen molar-refractivity contribution in [2.75, 3.05) is 7.11 Å². The van der Waals surface area contributed by atoms with Crippen molar-refractivity contribution in [2.24, 2.45) is 0 Å². The summed E-state index contributed by atoms with van der Waals surface area (Å²) in [6.07, 6.45) is 0. The number of carbonyl (C=O) groups is 1. The molecule has 0 radical (unpaired) electrons. The summed E-state index contributed by atoms with van der Waals surface area (Å²) in [6.45, 7) is 1.98. The van der Waals surface area contributed by atoms with E-state index in [0.29, 0.717) is 12.1 Å². The molecule has 2 N–H and O–H groups in total. The fourth-order valence-corrected chi connectivity index (χ4v) is 1.19. The van der Waals surface area contributed by atoms with Crippen LogP contribution >= 0.6 is 0 Å². The van der Waals surface area contributed by atoms with Crippen molar-refractivity contribution in [1.82, 2.24) is 5.32 Å². The Kier molecular flexibility index (Phi) is 4.25. The van der Waals surface area contributed by atoms with E-state index in [1.54, 1.807) is 13.0 Å². The maximum atomic E-state index is 13.0. The molecule has 0 saturated carbocycles. The van der Waals surface area contributed by atoms with Crippen LogP contribution in [0.5, 0.6) is 5.75 Å². The highest BCUT2D eigenvalue weighted by atomic mass is 19.1. The molecule has 0 saturated heterocycles. The Bertz CT molecular complexity index is 381. The van der Waals surface area contributed by atoms with Crippen LogP contribution in [0.4, 0.5) is 4.39 Å². The van der Waals surface area contributed by atoms with Crippen molar-refractivity contribution in [1.29, 1.82) is 0 Å². The average molecular weight is 227 g/mol. The smallest absolute Gasteiger partial charge is 0.322 e. The van der Waals surface area contributed by atoms with Crippen molar-refractivity contribution >= 4 is 5.97 Å². The third-order valence-corrected chi connectivity index (χ3v) is 2.18. The largest absolute Gasteiger partial charge is 0.505 e. The minimum atomic E-state index is -0.676. The summed E-state index contributed by atoms with van der Waals surface area (Å²) in [5.74, 6) is -1.44. The van der Waals surface area contributed by atoms with E-state index in [9.17, 15) is 9.18 Å². The Morgan fingerprint density at radius 1 is 1.62 bits per heavy atom. The summed E-state index contributed by atoms with van der Waals surface area (Å²) in [5, 5.41) is 11.9. The van der Waals surface area contributed by atoms with Crippen LogP contribution in [0.25, 0.3) is 0 Å². The Labute approximate surface area is 93.0 Å². The molecule has 0 bridgehead atoms. The zero-order valence-electron chi connectivity index (χ0n) is 9.16. The molecule has 16 heavy (non-hydrogen) atoms. The number of rotatable bonds is 4. The van der Waals surface area contributed by atoms with Crippen molar-refractivity contribution in [3.63, 3.8) is 0 Å². The fourth-order valence-electron chi connectivity index (χ4n) is 1.19. The molecule has 0 aliphatic carbocycles. The number of halogens is 1. The van der Waals surface area contributed by atoms with E-state index in [0.717, 1.165) is 0 Å². The minimum absolute atomic E-state index is 0.327. The molecule has 0 aliphatic rings. The van der Waals surface area contributed by atoms with Gasteiger partial charge in [0.15, 0.2) is 11.6 Å². The molecule has 0 aromatic heterocycles. The number of esters is 1.